The Morgan fingerprint density at radius 3 is 2.96 bits per heavy atom. The molecule has 2 aromatic heterocycles. The van der Waals surface area contributed by atoms with Gasteiger partial charge in [-0.3, -0.25) is 4.79 Å². The average Bonchev–Trinajstić information content (AvgIpc) is 3.23. The summed E-state index contributed by atoms with van der Waals surface area (Å²) in [5, 5.41) is 8.81. The summed E-state index contributed by atoms with van der Waals surface area (Å²) >= 11 is 0. The van der Waals surface area contributed by atoms with Crippen LogP contribution in [0, 0.1) is 6.92 Å². The molecule has 1 saturated heterocycles. The lowest BCUT2D eigenvalue weighted by molar-refractivity contribution is 0.0720. The molecule has 1 amide bonds. The number of oxazole rings is 1. The minimum Gasteiger partial charge on any atom is -0.448 e. The average molecular weight is 315 g/mol. The van der Waals surface area contributed by atoms with E-state index in [0.29, 0.717) is 11.5 Å². The molecule has 1 atom stereocenters. The van der Waals surface area contributed by atoms with Crippen molar-refractivity contribution in [1.82, 2.24) is 24.6 Å². The lowest BCUT2D eigenvalue weighted by Crippen LogP contribution is -2.32. The van der Waals surface area contributed by atoms with Gasteiger partial charge in [-0.2, -0.15) is 0 Å². The van der Waals surface area contributed by atoms with E-state index in [1.54, 1.807) is 6.92 Å². The molecule has 4 heterocycles. The minimum absolute atomic E-state index is 0.00190. The third-order valence-electron chi connectivity index (χ3n) is 4.90. The van der Waals surface area contributed by atoms with E-state index in [0.717, 1.165) is 50.4 Å². The molecule has 122 valence electrons. The second-order valence-electron chi connectivity index (χ2n) is 6.35. The molecule has 0 N–H and O–H groups in total. The molecule has 2 aliphatic rings. The first-order chi connectivity index (χ1) is 11.3. The minimum atomic E-state index is -0.0651. The molecule has 2 aliphatic heterocycles. The van der Waals surface area contributed by atoms with E-state index in [9.17, 15) is 4.79 Å². The highest BCUT2D eigenvalue weighted by molar-refractivity contribution is 5.93. The van der Waals surface area contributed by atoms with E-state index in [-0.39, 0.29) is 11.9 Å². The Morgan fingerprint density at radius 1 is 1.22 bits per heavy atom. The van der Waals surface area contributed by atoms with Crippen LogP contribution in [0.5, 0.6) is 0 Å². The fourth-order valence-corrected chi connectivity index (χ4v) is 3.68. The van der Waals surface area contributed by atoms with Crippen LogP contribution in [0.15, 0.2) is 10.8 Å². The maximum Gasteiger partial charge on any atom is 0.276 e. The summed E-state index contributed by atoms with van der Waals surface area (Å²) in [7, 11) is 0. The van der Waals surface area contributed by atoms with E-state index in [1.807, 2.05) is 4.90 Å². The highest BCUT2D eigenvalue weighted by Gasteiger charge is 2.36. The highest BCUT2D eigenvalue weighted by atomic mass is 16.3. The van der Waals surface area contributed by atoms with Crippen LogP contribution in [0.4, 0.5) is 0 Å². The Labute approximate surface area is 134 Å². The van der Waals surface area contributed by atoms with Gasteiger partial charge in [0.25, 0.3) is 5.91 Å². The number of carbonyl (C=O) groups excluding carboxylic acids is 1. The Kier molecular flexibility index (Phi) is 3.63. The largest absolute Gasteiger partial charge is 0.448 e. The SMILES string of the molecule is Cc1ocnc1C(=O)N1CCCC1c1nnc2n1CCCCC2. The number of amides is 1. The summed E-state index contributed by atoms with van der Waals surface area (Å²) in [5.74, 6) is 2.51. The topological polar surface area (TPSA) is 77.1 Å². The van der Waals surface area contributed by atoms with Crippen LogP contribution in [-0.2, 0) is 13.0 Å². The summed E-state index contributed by atoms with van der Waals surface area (Å²) in [4.78, 5) is 18.8. The van der Waals surface area contributed by atoms with Crippen molar-refractivity contribution in [2.45, 2.75) is 58.0 Å². The van der Waals surface area contributed by atoms with E-state index in [4.69, 9.17) is 4.42 Å². The lowest BCUT2D eigenvalue weighted by atomic mass is 10.2. The van der Waals surface area contributed by atoms with Crippen LogP contribution in [0.25, 0.3) is 0 Å². The van der Waals surface area contributed by atoms with E-state index >= 15 is 0 Å². The van der Waals surface area contributed by atoms with Gasteiger partial charge in [-0.25, -0.2) is 4.98 Å². The van der Waals surface area contributed by atoms with Crippen molar-refractivity contribution < 1.29 is 9.21 Å². The fourth-order valence-electron chi connectivity index (χ4n) is 3.68. The van der Waals surface area contributed by atoms with Gasteiger partial charge in [0.1, 0.15) is 11.6 Å². The van der Waals surface area contributed by atoms with Crippen LogP contribution in [0.1, 0.15) is 66.0 Å². The van der Waals surface area contributed by atoms with Crippen molar-refractivity contribution >= 4 is 5.91 Å². The zero-order chi connectivity index (χ0) is 15.8. The molecule has 2 aromatic rings. The van der Waals surface area contributed by atoms with Gasteiger partial charge < -0.3 is 13.9 Å². The van der Waals surface area contributed by atoms with Crippen molar-refractivity contribution in [1.29, 1.82) is 0 Å². The maximum atomic E-state index is 12.8. The van der Waals surface area contributed by atoms with E-state index in [1.165, 1.54) is 19.2 Å². The molecule has 0 spiro atoms. The predicted molar refractivity (Wildman–Crippen MR) is 81.8 cm³/mol. The van der Waals surface area contributed by atoms with Gasteiger partial charge in [0.15, 0.2) is 17.9 Å². The molecule has 0 aliphatic carbocycles. The number of nitrogens with zero attached hydrogens (tertiary/aromatic N) is 5. The van der Waals surface area contributed by atoms with E-state index < -0.39 is 0 Å². The van der Waals surface area contributed by atoms with Crippen LogP contribution >= 0.6 is 0 Å². The number of likely N-dealkylation sites (tertiary alicyclic amines) is 1. The molecule has 4 rings (SSSR count). The molecular weight excluding hydrogens is 294 g/mol. The monoisotopic (exact) mass is 315 g/mol. The quantitative estimate of drug-likeness (QED) is 0.849. The lowest BCUT2D eigenvalue weighted by Gasteiger charge is -2.24. The van der Waals surface area contributed by atoms with Gasteiger partial charge in [0.2, 0.25) is 0 Å². The van der Waals surface area contributed by atoms with Gasteiger partial charge >= 0.3 is 0 Å². The molecule has 1 fully saturated rings. The molecular formula is C16H21N5O2. The van der Waals surface area contributed by atoms with Crippen molar-refractivity contribution in [2.24, 2.45) is 0 Å². The molecule has 7 heteroatoms. The molecule has 0 aromatic carbocycles. The third-order valence-corrected chi connectivity index (χ3v) is 4.90. The number of rotatable bonds is 2. The first kappa shape index (κ1) is 14.4. The van der Waals surface area contributed by atoms with Crippen LogP contribution in [-0.4, -0.2) is 37.1 Å². The summed E-state index contributed by atoms with van der Waals surface area (Å²) in [6.45, 7) is 3.46. The maximum absolute atomic E-state index is 12.8. The molecule has 0 radical (unpaired) electrons. The Morgan fingerprint density at radius 2 is 2.13 bits per heavy atom. The van der Waals surface area contributed by atoms with Crippen LogP contribution in [0.3, 0.4) is 0 Å². The zero-order valence-corrected chi connectivity index (χ0v) is 13.4. The first-order valence-corrected chi connectivity index (χ1v) is 8.38. The summed E-state index contributed by atoms with van der Waals surface area (Å²) in [5.41, 5.74) is 0.410. The molecule has 0 bridgehead atoms. The smallest absolute Gasteiger partial charge is 0.276 e. The second-order valence-corrected chi connectivity index (χ2v) is 6.35. The first-order valence-electron chi connectivity index (χ1n) is 8.38. The Bertz CT molecular complexity index is 720. The predicted octanol–water partition coefficient (Wildman–Crippen LogP) is 2.28. The van der Waals surface area contributed by atoms with Gasteiger partial charge in [-0.05, 0) is 32.6 Å². The van der Waals surface area contributed by atoms with Gasteiger partial charge in [0.05, 0.1) is 6.04 Å². The number of fused-ring (bicyclic) bond motifs is 1. The van der Waals surface area contributed by atoms with Crippen LogP contribution in [0.2, 0.25) is 0 Å². The second kappa shape index (κ2) is 5.79. The van der Waals surface area contributed by atoms with E-state index in [2.05, 4.69) is 19.7 Å². The van der Waals surface area contributed by atoms with Gasteiger partial charge in [0, 0.05) is 19.5 Å². The highest BCUT2D eigenvalue weighted by Crippen LogP contribution is 2.33. The number of hydrogen-bond donors (Lipinski definition) is 0. The molecule has 1 unspecified atom stereocenters. The van der Waals surface area contributed by atoms with Crippen molar-refractivity contribution in [2.75, 3.05) is 6.54 Å². The number of carbonyl (C=O) groups is 1. The standard InChI is InChI=1S/C16H21N5O2/c1-11-14(17-10-23-11)16(22)20-9-5-6-12(20)15-19-18-13-7-3-2-4-8-21(13)15/h10,12H,2-9H2,1H3. The normalized spacial score (nSPS) is 21.3. The summed E-state index contributed by atoms with van der Waals surface area (Å²) in [6, 6.07) is -0.00190. The summed E-state index contributed by atoms with van der Waals surface area (Å²) in [6.07, 6.45) is 7.78. The van der Waals surface area contributed by atoms with Gasteiger partial charge in [-0.15, -0.1) is 10.2 Å². The molecule has 0 saturated carbocycles. The number of hydrogen-bond acceptors (Lipinski definition) is 5. The fraction of sp³-hybridized carbons (Fsp3) is 0.625. The molecule has 23 heavy (non-hydrogen) atoms. The zero-order valence-electron chi connectivity index (χ0n) is 13.4. The van der Waals surface area contributed by atoms with Crippen LogP contribution < -0.4 is 0 Å². The Hall–Kier alpha value is -2.18. The summed E-state index contributed by atoms with van der Waals surface area (Å²) < 4.78 is 7.42. The van der Waals surface area contributed by atoms with Gasteiger partial charge in [-0.1, -0.05) is 6.42 Å². The molecule has 7 nitrogen and oxygen atoms in total. The van der Waals surface area contributed by atoms with Crippen molar-refractivity contribution in [3.8, 4) is 0 Å². The van der Waals surface area contributed by atoms with Crippen molar-refractivity contribution in [3.63, 3.8) is 0 Å². The Balaban J connectivity index is 1.65. The third kappa shape index (κ3) is 2.44. The number of aromatic nitrogens is 4. The number of aryl methyl sites for hydroxylation is 2. The van der Waals surface area contributed by atoms with Crippen molar-refractivity contribution in [3.05, 3.63) is 29.5 Å².